The quantitative estimate of drug-likeness (QED) is 0.564. The van der Waals surface area contributed by atoms with Crippen LogP contribution in [0.25, 0.3) is 0 Å². The highest BCUT2D eigenvalue weighted by Gasteiger charge is 2.46. The zero-order valence-electron chi connectivity index (χ0n) is 16.7. The molecule has 4 rings (SSSR count). The van der Waals surface area contributed by atoms with Gasteiger partial charge in [-0.2, -0.15) is 0 Å². The number of thiophene rings is 1. The van der Waals surface area contributed by atoms with Gasteiger partial charge in [-0.3, -0.25) is 24.1 Å². The van der Waals surface area contributed by atoms with Crippen LogP contribution in [0.4, 0.5) is 16.2 Å². The molecule has 1 saturated heterocycles. The van der Waals surface area contributed by atoms with E-state index >= 15 is 0 Å². The molecule has 160 valence electrons. The Morgan fingerprint density at radius 2 is 1.81 bits per heavy atom. The molecule has 2 aliphatic rings. The first-order valence-corrected chi connectivity index (χ1v) is 10.7. The van der Waals surface area contributed by atoms with Gasteiger partial charge < -0.3 is 10.2 Å². The van der Waals surface area contributed by atoms with Crippen LogP contribution in [0.2, 0.25) is 0 Å². The lowest BCUT2D eigenvalue weighted by atomic mass is 10.1. The molecule has 9 nitrogen and oxygen atoms in total. The first-order valence-electron chi connectivity index (χ1n) is 9.77. The second-order valence-corrected chi connectivity index (χ2v) is 8.37. The number of hydrogen-bond donors (Lipinski definition) is 1. The summed E-state index contributed by atoms with van der Waals surface area (Å²) in [5.41, 5.74) is 0.948. The Kier molecular flexibility index (Phi) is 5.55. The molecular formula is C21H20N4O5S. The lowest BCUT2D eigenvalue weighted by Gasteiger charge is -2.29. The van der Waals surface area contributed by atoms with Crippen LogP contribution in [0.15, 0.2) is 41.8 Å². The number of anilines is 2. The maximum atomic E-state index is 13.1. The fourth-order valence-electron chi connectivity index (χ4n) is 3.74. The Morgan fingerprint density at radius 3 is 2.55 bits per heavy atom. The Morgan fingerprint density at radius 1 is 1.06 bits per heavy atom. The van der Waals surface area contributed by atoms with E-state index in [0.717, 1.165) is 9.78 Å². The van der Waals surface area contributed by atoms with Crippen molar-refractivity contribution in [2.24, 2.45) is 0 Å². The van der Waals surface area contributed by atoms with E-state index in [1.807, 2.05) is 17.5 Å². The Balaban J connectivity index is 1.52. The number of rotatable bonds is 5. The minimum absolute atomic E-state index is 0.0637. The molecule has 0 bridgehead atoms. The van der Waals surface area contributed by atoms with Crippen LogP contribution in [0.1, 0.15) is 18.2 Å². The Labute approximate surface area is 182 Å². The normalized spacial score (nSPS) is 18.9. The topological polar surface area (TPSA) is 107 Å². The van der Waals surface area contributed by atoms with Crippen molar-refractivity contribution in [3.8, 4) is 0 Å². The Hall–Kier alpha value is -3.53. The average Bonchev–Trinajstić information content (AvgIpc) is 3.28. The molecule has 1 atom stereocenters. The van der Waals surface area contributed by atoms with Crippen molar-refractivity contribution in [3.63, 3.8) is 0 Å². The van der Waals surface area contributed by atoms with Crippen LogP contribution in [-0.4, -0.2) is 58.6 Å². The number of carbonyl (C=O) groups is 5. The molecule has 1 N–H and O–H groups in total. The zero-order chi connectivity index (χ0) is 22.1. The second kappa shape index (κ2) is 8.31. The van der Waals surface area contributed by atoms with Crippen molar-refractivity contribution in [2.75, 3.05) is 23.3 Å². The van der Waals surface area contributed by atoms with Gasteiger partial charge in [0.1, 0.15) is 6.54 Å². The summed E-state index contributed by atoms with van der Waals surface area (Å²) in [6.07, 6.45) is 0.503. The predicted octanol–water partition coefficient (Wildman–Crippen LogP) is 1.85. The van der Waals surface area contributed by atoms with Crippen molar-refractivity contribution in [1.82, 2.24) is 9.80 Å². The first kappa shape index (κ1) is 20.7. The summed E-state index contributed by atoms with van der Waals surface area (Å²) >= 11 is 1.49. The summed E-state index contributed by atoms with van der Waals surface area (Å²) in [7, 11) is 0. The number of urea groups is 1. The van der Waals surface area contributed by atoms with E-state index in [9.17, 15) is 24.0 Å². The molecule has 0 saturated carbocycles. The largest absolute Gasteiger partial charge is 0.334 e. The molecule has 0 spiro atoms. The molecule has 0 radical (unpaired) electrons. The third kappa shape index (κ3) is 3.93. The van der Waals surface area contributed by atoms with Gasteiger partial charge in [-0.25, -0.2) is 9.69 Å². The number of hydrogen-bond acceptors (Lipinski definition) is 6. The third-order valence-corrected chi connectivity index (χ3v) is 6.15. The van der Waals surface area contributed by atoms with Crippen molar-refractivity contribution < 1.29 is 24.0 Å². The third-order valence-electron chi connectivity index (χ3n) is 5.22. The monoisotopic (exact) mass is 440 g/mol. The lowest BCUT2D eigenvalue weighted by molar-refractivity contribution is -0.143. The van der Waals surface area contributed by atoms with Gasteiger partial charge in [0, 0.05) is 30.3 Å². The molecule has 0 aliphatic carbocycles. The van der Waals surface area contributed by atoms with Crippen LogP contribution < -0.4 is 10.2 Å². The van der Waals surface area contributed by atoms with Gasteiger partial charge in [-0.15, -0.1) is 11.3 Å². The van der Waals surface area contributed by atoms with Gasteiger partial charge in [0.2, 0.25) is 11.8 Å². The number of imide groups is 2. The predicted molar refractivity (Wildman–Crippen MR) is 113 cm³/mol. The summed E-state index contributed by atoms with van der Waals surface area (Å²) < 4.78 is 0. The highest BCUT2D eigenvalue weighted by atomic mass is 32.1. The first-order chi connectivity index (χ1) is 14.9. The standard InChI is InChI=1S/C21H20N4O5S/c1-13-11-17(26)22-15-6-2-3-7-16(15)25(13)18(27)12-24-20(29)19(28)23(21(24)30)9-8-14-5-4-10-31-14/h2-7,10,13H,8-9,11-12H2,1H3,(H,22,26)/t13-/m0/s1. The second-order valence-electron chi connectivity index (χ2n) is 7.34. The van der Waals surface area contributed by atoms with Gasteiger partial charge in [-0.1, -0.05) is 18.2 Å². The highest BCUT2D eigenvalue weighted by molar-refractivity contribution is 7.09. The van der Waals surface area contributed by atoms with Crippen LogP contribution >= 0.6 is 11.3 Å². The molecule has 31 heavy (non-hydrogen) atoms. The number of amides is 6. The van der Waals surface area contributed by atoms with Gasteiger partial charge >= 0.3 is 17.8 Å². The van der Waals surface area contributed by atoms with Gasteiger partial charge in [0.05, 0.1) is 11.4 Å². The summed E-state index contributed by atoms with van der Waals surface area (Å²) in [5, 5.41) is 4.64. The SMILES string of the molecule is C[C@H]1CC(=O)Nc2ccccc2N1C(=O)CN1C(=O)C(=O)N(CCc2cccs2)C1=O. The number of carbonyl (C=O) groups excluding carboxylic acids is 5. The van der Waals surface area contributed by atoms with E-state index in [4.69, 9.17) is 0 Å². The fraction of sp³-hybridized carbons (Fsp3) is 0.286. The van der Waals surface area contributed by atoms with Crippen molar-refractivity contribution in [2.45, 2.75) is 25.8 Å². The molecule has 2 aliphatic heterocycles. The maximum absolute atomic E-state index is 13.1. The van der Waals surface area contributed by atoms with E-state index in [-0.39, 0.29) is 18.9 Å². The number of para-hydroxylation sites is 2. The van der Waals surface area contributed by atoms with Gasteiger partial charge in [-0.05, 0) is 30.5 Å². The van der Waals surface area contributed by atoms with Crippen LogP contribution in [0, 0.1) is 0 Å². The summed E-state index contributed by atoms with van der Waals surface area (Å²) in [6.45, 7) is 1.20. The number of nitrogens with one attached hydrogen (secondary N) is 1. The van der Waals surface area contributed by atoms with Crippen LogP contribution in [0.5, 0.6) is 0 Å². The van der Waals surface area contributed by atoms with E-state index in [1.54, 1.807) is 31.2 Å². The van der Waals surface area contributed by atoms with Crippen molar-refractivity contribution >= 4 is 52.4 Å². The zero-order valence-corrected chi connectivity index (χ0v) is 17.6. The number of benzene rings is 1. The van der Waals surface area contributed by atoms with E-state index in [2.05, 4.69) is 5.32 Å². The lowest BCUT2D eigenvalue weighted by Crippen LogP contribution is -2.47. The molecular weight excluding hydrogens is 420 g/mol. The minimum atomic E-state index is -1.02. The Bertz CT molecular complexity index is 1070. The van der Waals surface area contributed by atoms with Crippen LogP contribution in [0.3, 0.4) is 0 Å². The molecule has 2 aromatic rings. The van der Waals surface area contributed by atoms with Gasteiger partial charge in [0.25, 0.3) is 0 Å². The minimum Gasteiger partial charge on any atom is -0.324 e. The van der Waals surface area contributed by atoms with Crippen LogP contribution in [-0.2, 0) is 25.6 Å². The van der Waals surface area contributed by atoms with Crippen molar-refractivity contribution in [1.29, 1.82) is 0 Å². The molecule has 1 aromatic heterocycles. The molecule has 6 amide bonds. The molecule has 3 heterocycles. The molecule has 0 unspecified atom stereocenters. The molecule has 1 aromatic carbocycles. The summed E-state index contributed by atoms with van der Waals surface area (Å²) in [5.74, 6) is -2.74. The average molecular weight is 440 g/mol. The maximum Gasteiger partial charge on any atom is 0.334 e. The fourth-order valence-corrected chi connectivity index (χ4v) is 4.44. The van der Waals surface area contributed by atoms with E-state index in [0.29, 0.717) is 22.7 Å². The summed E-state index contributed by atoms with van der Waals surface area (Å²) in [6, 6.07) is 9.27. The van der Waals surface area contributed by atoms with Gasteiger partial charge in [0.15, 0.2) is 0 Å². The van der Waals surface area contributed by atoms with Crippen molar-refractivity contribution in [3.05, 3.63) is 46.7 Å². The summed E-state index contributed by atoms with van der Waals surface area (Å²) in [4.78, 5) is 66.7. The van der Waals surface area contributed by atoms with E-state index in [1.165, 1.54) is 16.2 Å². The highest BCUT2D eigenvalue weighted by Crippen LogP contribution is 2.31. The molecule has 1 fully saturated rings. The smallest absolute Gasteiger partial charge is 0.324 e. The number of nitrogens with zero attached hydrogens (tertiary/aromatic N) is 3. The number of fused-ring (bicyclic) bond motifs is 1. The molecule has 10 heteroatoms. The van der Waals surface area contributed by atoms with E-state index < -0.39 is 36.3 Å².